The number of methoxy groups -OCH3 is 1. The lowest BCUT2D eigenvalue weighted by molar-refractivity contribution is -0.140. The standard InChI is InChI=1S/C14H23N3O2S/c1-4-6-11-16-12(15-8-5-2)10-13(17-11)20-9-7-14(18)19-3/h10H,4-9H2,1-3H3,(H,15,16,17). The molecule has 0 atom stereocenters. The second-order valence-corrected chi connectivity index (χ2v) is 5.47. The van der Waals surface area contributed by atoms with E-state index in [0.717, 1.165) is 42.5 Å². The first kappa shape index (κ1) is 16.8. The van der Waals surface area contributed by atoms with Crippen molar-refractivity contribution in [3.63, 3.8) is 0 Å². The molecule has 0 saturated heterocycles. The van der Waals surface area contributed by atoms with E-state index in [9.17, 15) is 4.79 Å². The number of rotatable bonds is 9. The Bertz CT molecular complexity index is 427. The number of aryl methyl sites for hydroxylation is 1. The fraction of sp³-hybridized carbons (Fsp3) is 0.643. The number of aromatic nitrogens is 2. The molecule has 0 amide bonds. The smallest absolute Gasteiger partial charge is 0.306 e. The van der Waals surface area contributed by atoms with E-state index in [1.807, 2.05) is 6.07 Å². The zero-order chi connectivity index (χ0) is 14.8. The molecule has 1 heterocycles. The molecule has 0 spiro atoms. The van der Waals surface area contributed by atoms with Crippen LogP contribution in [0.1, 0.15) is 38.9 Å². The predicted molar refractivity (Wildman–Crippen MR) is 82.2 cm³/mol. The Kier molecular flexibility index (Phi) is 8.02. The van der Waals surface area contributed by atoms with Crippen molar-refractivity contribution in [3.05, 3.63) is 11.9 Å². The second kappa shape index (κ2) is 9.58. The summed E-state index contributed by atoms with van der Waals surface area (Å²) in [6.07, 6.45) is 3.33. The Labute approximate surface area is 124 Å². The van der Waals surface area contributed by atoms with Crippen LogP contribution < -0.4 is 5.32 Å². The summed E-state index contributed by atoms with van der Waals surface area (Å²) in [6, 6.07) is 1.94. The molecule has 0 aliphatic heterocycles. The third-order valence-corrected chi connectivity index (χ3v) is 3.48. The SMILES string of the molecule is CCCNc1cc(SCCC(=O)OC)nc(CCC)n1. The van der Waals surface area contributed by atoms with E-state index in [4.69, 9.17) is 0 Å². The number of anilines is 1. The highest BCUT2D eigenvalue weighted by Gasteiger charge is 2.06. The Morgan fingerprint density at radius 3 is 2.80 bits per heavy atom. The zero-order valence-corrected chi connectivity index (χ0v) is 13.3. The number of hydrogen-bond acceptors (Lipinski definition) is 6. The van der Waals surface area contributed by atoms with Crippen molar-refractivity contribution < 1.29 is 9.53 Å². The minimum atomic E-state index is -0.190. The quantitative estimate of drug-likeness (QED) is 0.429. The van der Waals surface area contributed by atoms with Crippen LogP contribution in [0.5, 0.6) is 0 Å². The highest BCUT2D eigenvalue weighted by molar-refractivity contribution is 7.99. The van der Waals surface area contributed by atoms with Crippen molar-refractivity contribution in [1.82, 2.24) is 9.97 Å². The van der Waals surface area contributed by atoms with Crippen molar-refractivity contribution in [2.24, 2.45) is 0 Å². The normalized spacial score (nSPS) is 10.3. The van der Waals surface area contributed by atoms with Gasteiger partial charge in [-0.15, -0.1) is 11.8 Å². The summed E-state index contributed by atoms with van der Waals surface area (Å²) in [5.74, 6) is 2.20. The van der Waals surface area contributed by atoms with Gasteiger partial charge in [0.05, 0.1) is 13.5 Å². The Morgan fingerprint density at radius 1 is 1.35 bits per heavy atom. The van der Waals surface area contributed by atoms with Crippen LogP contribution in [-0.2, 0) is 16.0 Å². The predicted octanol–water partition coefficient (Wildman–Crippen LogP) is 2.91. The molecule has 0 radical (unpaired) electrons. The van der Waals surface area contributed by atoms with Crippen molar-refractivity contribution in [2.45, 2.75) is 44.6 Å². The lowest BCUT2D eigenvalue weighted by Crippen LogP contribution is -2.06. The average Bonchev–Trinajstić information content (AvgIpc) is 2.45. The number of carbonyl (C=O) groups excluding carboxylic acids is 1. The fourth-order valence-corrected chi connectivity index (χ4v) is 2.41. The molecule has 0 fully saturated rings. The molecule has 112 valence electrons. The molecule has 5 nitrogen and oxygen atoms in total. The minimum absolute atomic E-state index is 0.190. The molecule has 20 heavy (non-hydrogen) atoms. The lowest BCUT2D eigenvalue weighted by atomic mass is 10.3. The average molecular weight is 297 g/mol. The Hall–Kier alpha value is -1.30. The molecule has 0 aliphatic carbocycles. The molecule has 0 aliphatic rings. The number of carbonyl (C=O) groups is 1. The van der Waals surface area contributed by atoms with E-state index in [1.54, 1.807) is 11.8 Å². The number of esters is 1. The minimum Gasteiger partial charge on any atom is -0.469 e. The van der Waals surface area contributed by atoms with Crippen molar-refractivity contribution in [1.29, 1.82) is 0 Å². The highest BCUT2D eigenvalue weighted by atomic mass is 32.2. The molecule has 0 aromatic carbocycles. The molecule has 1 N–H and O–H groups in total. The first-order valence-corrected chi connectivity index (χ1v) is 7.99. The van der Waals surface area contributed by atoms with Crippen LogP contribution >= 0.6 is 11.8 Å². The Morgan fingerprint density at radius 2 is 2.15 bits per heavy atom. The molecule has 6 heteroatoms. The van der Waals surface area contributed by atoms with Crippen LogP contribution in [0.2, 0.25) is 0 Å². The molecule has 0 bridgehead atoms. The molecule has 1 aromatic rings. The van der Waals surface area contributed by atoms with E-state index >= 15 is 0 Å². The van der Waals surface area contributed by atoms with Crippen LogP contribution in [0, 0.1) is 0 Å². The zero-order valence-electron chi connectivity index (χ0n) is 12.4. The Balaban J connectivity index is 2.66. The third kappa shape index (κ3) is 6.23. The van der Waals surface area contributed by atoms with Gasteiger partial charge in [-0.05, 0) is 12.8 Å². The number of nitrogens with zero attached hydrogens (tertiary/aromatic N) is 2. The topological polar surface area (TPSA) is 64.1 Å². The van der Waals surface area contributed by atoms with Crippen molar-refractivity contribution >= 4 is 23.5 Å². The molecular weight excluding hydrogens is 274 g/mol. The number of ether oxygens (including phenoxy) is 1. The molecule has 0 unspecified atom stereocenters. The van der Waals surface area contributed by atoms with Gasteiger partial charge in [0.25, 0.3) is 0 Å². The molecule has 0 saturated carbocycles. The molecule has 1 rings (SSSR count). The van der Waals surface area contributed by atoms with Gasteiger partial charge in [-0.1, -0.05) is 13.8 Å². The maximum atomic E-state index is 11.1. The largest absolute Gasteiger partial charge is 0.469 e. The highest BCUT2D eigenvalue weighted by Crippen LogP contribution is 2.20. The van der Waals surface area contributed by atoms with Crippen LogP contribution in [0.15, 0.2) is 11.1 Å². The van der Waals surface area contributed by atoms with Gasteiger partial charge in [0.15, 0.2) is 0 Å². The monoisotopic (exact) mass is 297 g/mol. The summed E-state index contributed by atoms with van der Waals surface area (Å²) in [4.78, 5) is 20.1. The maximum absolute atomic E-state index is 11.1. The lowest BCUT2D eigenvalue weighted by Gasteiger charge is -2.08. The van der Waals surface area contributed by atoms with Crippen LogP contribution in [0.4, 0.5) is 5.82 Å². The summed E-state index contributed by atoms with van der Waals surface area (Å²) in [7, 11) is 1.41. The van der Waals surface area contributed by atoms with Gasteiger partial charge >= 0.3 is 5.97 Å². The number of thioether (sulfide) groups is 1. The van der Waals surface area contributed by atoms with Crippen LogP contribution in [0.25, 0.3) is 0 Å². The fourth-order valence-electron chi connectivity index (χ4n) is 1.57. The number of hydrogen-bond donors (Lipinski definition) is 1. The van der Waals surface area contributed by atoms with Gasteiger partial charge in [0, 0.05) is 24.8 Å². The van der Waals surface area contributed by atoms with E-state index in [2.05, 4.69) is 33.9 Å². The van der Waals surface area contributed by atoms with E-state index in [0.29, 0.717) is 12.2 Å². The van der Waals surface area contributed by atoms with Crippen LogP contribution in [-0.4, -0.2) is 35.3 Å². The second-order valence-electron chi connectivity index (χ2n) is 4.36. The summed E-state index contributed by atoms with van der Waals surface area (Å²) < 4.78 is 4.63. The van der Waals surface area contributed by atoms with Gasteiger partial charge in [-0.25, -0.2) is 9.97 Å². The molecule has 1 aromatic heterocycles. The van der Waals surface area contributed by atoms with Gasteiger partial charge < -0.3 is 10.1 Å². The van der Waals surface area contributed by atoms with E-state index < -0.39 is 0 Å². The van der Waals surface area contributed by atoms with Gasteiger partial charge in [-0.2, -0.15) is 0 Å². The van der Waals surface area contributed by atoms with Gasteiger partial charge in [-0.3, -0.25) is 4.79 Å². The summed E-state index contributed by atoms with van der Waals surface area (Å²) >= 11 is 1.56. The van der Waals surface area contributed by atoms with Gasteiger partial charge in [0.2, 0.25) is 0 Å². The third-order valence-electron chi connectivity index (χ3n) is 2.56. The van der Waals surface area contributed by atoms with Crippen molar-refractivity contribution in [2.75, 3.05) is 24.7 Å². The van der Waals surface area contributed by atoms with E-state index in [-0.39, 0.29) is 5.97 Å². The van der Waals surface area contributed by atoms with E-state index in [1.165, 1.54) is 7.11 Å². The van der Waals surface area contributed by atoms with Gasteiger partial charge in [0.1, 0.15) is 16.7 Å². The van der Waals surface area contributed by atoms with Crippen molar-refractivity contribution in [3.8, 4) is 0 Å². The first-order chi connectivity index (χ1) is 9.69. The molecular formula is C14H23N3O2S. The summed E-state index contributed by atoms with van der Waals surface area (Å²) in [5.41, 5.74) is 0. The summed E-state index contributed by atoms with van der Waals surface area (Å²) in [5, 5.41) is 4.20. The summed E-state index contributed by atoms with van der Waals surface area (Å²) in [6.45, 7) is 5.13. The van der Waals surface area contributed by atoms with Crippen LogP contribution in [0.3, 0.4) is 0 Å². The first-order valence-electron chi connectivity index (χ1n) is 7.01. The number of nitrogens with one attached hydrogen (secondary N) is 1. The maximum Gasteiger partial charge on any atom is 0.306 e.